The number of piperidine rings is 1. The number of carbonyl (C=O) groups excluding carboxylic acids is 3. The quantitative estimate of drug-likeness (QED) is 0.231. The maximum Gasteiger partial charge on any atom is 0.242 e. The van der Waals surface area contributed by atoms with Crippen LogP contribution in [0, 0.1) is 0 Å². The largest absolute Gasteiger partial charge is 0.350 e. The zero-order chi connectivity index (χ0) is 32.3. The molecule has 2 aromatic rings. The van der Waals surface area contributed by atoms with Crippen molar-refractivity contribution in [3.05, 3.63) is 70.2 Å². The van der Waals surface area contributed by atoms with Crippen LogP contribution in [0.1, 0.15) is 56.2 Å². The summed E-state index contributed by atoms with van der Waals surface area (Å²) >= 11 is 6.14. The van der Waals surface area contributed by atoms with Crippen LogP contribution < -0.4 is 21.1 Å². The van der Waals surface area contributed by atoms with E-state index in [1.54, 1.807) is 67.4 Å². The molecule has 1 heterocycles. The summed E-state index contributed by atoms with van der Waals surface area (Å²) in [6, 6.07) is 11.5. The van der Waals surface area contributed by atoms with E-state index in [0.717, 1.165) is 37.1 Å². The van der Waals surface area contributed by atoms with E-state index in [2.05, 4.69) is 15.4 Å². The molecule has 0 radical (unpaired) electrons. The van der Waals surface area contributed by atoms with Gasteiger partial charge in [0.05, 0.1) is 12.2 Å². The first-order chi connectivity index (χ1) is 21.0. The van der Waals surface area contributed by atoms with E-state index in [1.165, 1.54) is 4.90 Å². The third kappa shape index (κ3) is 10.3. The van der Waals surface area contributed by atoms with Gasteiger partial charge in [0.25, 0.3) is 0 Å². The van der Waals surface area contributed by atoms with Crippen LogP contribution in [0.4, 0.5) is 0 Å². The fourth-order valence-electron chi connectivity index (χ4n) is 5.31. The van der Waals surface area contributed by atoms with Gasteiger partial charge < -0.3 is 26.2 Å². The van der Waals surface area contributed by atoms with E-state index in [9.17, 15) is 22.8 Å². The zero-order valence-electron chi connectivity index (χ0n) is 25.7. The van der Waals surface area contributed by atoms with Crippen molar-refractivity contribution in [3.8, 4) is 0 Å². The highest BCUT2D eigenvalue weighted by Crippen LogP contribution is 2.18. The molecule has 2 aromatic carbocycles. The monoisotopic (exact) mass is 648 g/mol. The Balaban J connectivity index is 1.82. The summed E-state index contributed by atoms with van der Waals surface area (Å²) < 4.78 is 29.1. The first-order valence-electron chi connectivity index (χ1n) is 15.0. The molecule has 0 spiro atoms. The molecule has 1 fully saturated rings. The number of nitrogens with zero attached hydrogens (tertiary/aromatic N) is 2. The number of nitrogens with one attached hydrogen (secondary N) is 3. The average molecular weight is 649 g/mol. The van der Waals surface area contributed by atoms with Gasteiger partial charge in [-0.3, -0.25) is 14.4 Å². The summed E-state index contributed by atoms with van der Waals surface area (Å²) in [6.07, 6.45) is 1.67. The van der Waals surface area contributed by atoms with Crippen LogP contribution in [-0.2, 0) is 43.2 Å². The Kier molecular flexibility index (Phi) is 13.6. The van der Waals surface area contributed by atoms with Crippen molar-refractivity contribution in [3.63, 3.8) is 0 Å². The molecule has 242 valence electrons. The van der Waals surface area contributed by atoms with Gasteiger partial charge in [0, 0.05) is 37.7 Å². The lowest BCUT2D eigenvalue weighted by molar-refractivity contribution is -0.143. The third-order valence-electron chi connectivity index (χ3n) is 7.88. The number of hydrogen-bond donors (Lipinski definition) is 4. The zero-order valence-corrected chi connectivity index (χ0v) is 27.3. The van der Waals surface area contributed by atoms with Gasteiger partial charge in [0.1, 0.15) is 12.1 Å². The highest BCUT2D eigenvalue weighted by Gasteiger charge is 2.36. The normalized spacial score (nSPS) is 15.3. The predicted molar refractivity (Wildman–Crippen MR) is 172 cm³/mol. The van der Waals surface area contributed by atoms with E-state index in [1.807, 2.05) is 6.92 Å². The highest BCUT2D eigenvalue weighted by atomic mass is 35.5. The van der Waals surface area contributed by atoms with Gasteiger partial charge in [-0.2, -0.15) is 0 Å². The molecule has 1 aliphatic rings. The molecule has 0 bridgehead atoms. The minimum Gasteiger partial charge on any atom is -0.350 e. The van der Waals surface area contributed by atoms with E-state index >= 15 is 0 Å². The van der Waals surface area contributed by atoms with Crippen molar-refractivity contribution in [2.75, 3.05) is 26.7 Å². The van der Waals surface area contributed by atoms with Crippen molar-refractivity contribution in [1.82, 2.24) is 25.2 Å². The van der Waals surface area contributed by atoms with Crippen molar-refractivity contribution >= 4 is 39.3 Å². The number of halogens is 1. The molecule has 2 atom stereocenters. The maximum atomic E-state index is 14.1. The van der Waals surface area contributed by atoms with Gasteiger partial charge in [-0.1, -0.05) is 54.9 Å². The molecule has 3 rings (SSSR count). The molecule has 13 heteroatoms. The van der Waals surface area contributed by atoms with Crippen LogP contribution in [0.5, 0.6) is 0 Å². The Hall–Kier alpha value is -3.03. The highest BCUT2D eigenvalue weighted by molar-refractivity contribution is 7.88. The summed E-state index contributed by atoms with van der Waals surface area (Å²) in [5.74, 6) is -1.77. The molecule has 0 unspecified atom stereocenters. The van der Waals surface area contributed by atoms with Crippen LogP contribution in [0.15, 0.2) is 48.5 Å². The average Bonchev–Trinajstić information content (AvgIpc) is 3.01. The molecule has 44 heavy (non-hydrogen) atoms. The van der Waals surface area contributed by atoms with Crippen LogP contribution in [0.3, 0.4) is 0 Å². The number of amides is 3. The standard InChI is InChI=1S/C31H45ClN6O5S/c1-4-16-38(22(2)30(40)35-20-25-17-26(32)11-10-24(25)19-33)31(41)28(18-29(39)37(3)27-12-14-34-15-13-27)36-44(42,43)21-23-8-6-5-7-9-23/h5-11,17,22,27-28,34,36H,4,12-16,18-21,33H2,1-3H3,(H,35,40)/t22-,28+/m0/s1. The minimum atomic E-state index is -4.03. The van der Waals surface area contributed by atoms with Crippen molar-refractivity contribution in [2.24, 2.45) is 5.73 Å². The van der Waals surface area contributed by atoms with Gasteiger partial charge in [-0.05, 0) is 68.1 Å². The maximum absolute atomic E-state index is 14.1. The summed E-state index contributed by atoms with van der Waals surface area (Å²) in [4.78, 5) is 43.8. The number of sulfonamides is 1. The molecule has 1 aliphatic heterocycles. The lowest BCUT2D eigenvalue weighted by Gasteiger charge is -2.34. The first kappa shape index (κ1) is 35.4. The minimum absolute atomic E-state index is 0.0122. The lowest BCUT2D eigenvalue weighted by atomic mass is 10.0. The van der Waals surface area contributed by atoms with Crippen molar-refractivity contribution in [2.45, 2.75) is 76.5 Å². The van der Waals surface area contributed by atoms with E-state index in [0.29, 0.717) is 17.0 Å². The van der Waals surface area contributed by atoms with E-state index in [-0.39, 0.29) is 43.8 Å². The van der Waals surface area contributed by atoms with E-state index in [4.69, 9.17) is 17.3 Å². The molecule has 0 aromatic heterocycles. The second-order valence-corrected chi connectivity index (χ2v) is 13.3. The Morgan fingerprint density at radius 1 is 1.09 bits per heavy atom. The number of benzene rings is 2. The smallest absolute Gasteiger partial charge is 0.242 e. The first-order valence-corrected chi connectivity index (χ1v) is 17.0. The van der Waals surface area contributed by atoms with Crippen molar-refractivity contribution < 1.29 is 22.8 Å². The number of carbonyl (C=O) groups is 3. The Morgan fingerprint density at radius 2 is 1.77 bits per heavy atom. The van der Waals surface area contributed by atoms with Gasteiger partial charge in [0.15, 0.2) is 0 Å². The second-order valence-electron chi connectivity index (χ2n) is 11.1. The van der Waals surface area contributed by atoms with Crippen LogP contribution in [0.25, 0.3) is 0 Å². The SMILES string of the molecule is CCCN(C(=O)[C@@H](CC(=O)N(C)C1CCNCC1)NS(=O)(=O)Cc1ccccc1)[C@@H](C)C(=O)NCc1cc(Cl)ccc1CN. The van der Waals surface area contributed by atoms with Crippen LogP contribution in [-0.4, -0.2) is 80.7 Å². The number of hydrogen-bond acceptors (Lipinski definition) is 7. The van der Waals surface area contributed by atoms with Gasteiger partial charge >= 0.3 is 0 Å². The summed E-state index contributed by atoms with van der Waals surface area (Å²) in [7, 11) is -2.35. The predicted octanol–water partition coefficient (Wildman–Crippen LogP) is 2.13. The molecule has 5 N–H and O–H groups in total. The Labute approximate surface area is 265 Å². The molecule has 11 nitrogen and oxygen atoms in total. The third-order valence-corrected chi connectivity index (χ3v) is 9.48. The Morgan fingerprint density at radius 3 is 2.41 bits per heavy atom. The van der Waals surface area contributed by atoms with Gasteiger partial charge in [0.2, 0.25) is 27.7 Å². The van der Waals surface area contributed by atoms with Crippen LogP contribution in [0.2, 0.25) is 5.02 Å². The molecule has 3 amide bonds. The molecule has 0 aliphatic carbocycles. The molecule has 1 saturated heterocycles. The summed E-state index contributed by atoms with van der Waals surface area (Å²) in [5, 5.41) is 6.62. The summed E-state index contributed by atoms with van der Waals surface area (Å²) in [5.41, 5.74) is 7.96. The molecular weight excluding hydrogens is 604 g/mol. The topological polar surface area (TPSA) is 154 Å². The fourth-order valence-corrected chi connectivity index (χ4v) is 6.84. The lowest BCUT2D eigenvalue weighted by Crippen LogP contribution is -2.56. The number of nitrogens with two attached hydrogens (primary N) is 1. The molecule has 0 saturated carbocycles. The fraction of sp³-hybridized carbons (Fsp3) is 0.516. The van der Waals surface area contributed by atoms with Crippen LogP contribution >= 0.6 is 11.6 Å². The second kappa shape index (κ2) is 16.9. The van der Waals surface area contributed by atoms with Gasteiger partial charge in [-0.25, -0.2) is 13.1 Å². The summed E-state index contributed by atoms with van der Waals surface area (Å²) in [6.45, 7) is 5.59. The van der Waals surface area contributed by atoms with Gasteiger partial charge in [-0.15, -0.1) is 0 Å². The number of rotatable bonds is 15. The van der Waals surface area contributed by atoms with E-state index < -0.39 is 33.9 Å². The van der Waals surface area contributed by atoms with Crippen molar-refractivity contribution in [1.29, 1.82) is 0 Å². The Bertz CT molecular complexity index is 1370. The molecular formula is C31H45ClN6O5S.